The number of carbonyl (C=O) groups is 2. The minimum Gasteiger partial charge on any atom is -0.352 e. The summed E-state index contributed by atoms with van der Waals surface area (Å²) in [6, 6.07) is 26.1. The Morgan fingerprint density at radius 1 is 0.812 bits per heavy atom. The number of halogens is 3. The molecule has 0 aromatic heterocycles. The highest BCUT2D eigenvalue weighted by molar-refractivity contribution is 7.92. The van der Waals surface area contributed by atoms with Gasteiger partial charge in [0.2, 0.25) is 11.8 Å². The number of anilines is 1. The topological polar surface area (TPSA) is 86.8 Å². The maximum absolute atomic E-state index is 14.7. The molecule has 0 saturated heterocycles. The van der Waals surface area contributed by atoms with Crippen molar-refractivity contribution >= 4 is 62.3 Å². The van der Waals surface area contributed by atoms with Crippen molar-refractivity contribution in [3.05, 3.63) is 129 Å². The third kappa shape index (κ3) is 8.91. The lowest BCUT2D eigenvalue weighted by molar-refractivity contribution is -0.140. The van der Waals surface area contributed by atoms with Gasteiger partial charge in [-0.1, -0.05) is 108 Å². The number of nitrogens with one attached hydrogen (secondary N) is 1. The fourth-order valence-electron chi connectivity index (χ4n) is 5.93. The van der Waals surface area contributed by atoms with Gasteiger partial charge in [-0.05, 0) is 73.9 Å². The summed E-state index contributed by atoms with van der Waals surface area (Å²) in [4.78, 5) is 30.4. The van der Waals surface area contributed by atoms with Gasteiger partial charge >= 0.3 is 0 Å². The maximum atomic E-state index is 14.7. The Morgan fingerprint density at radius 3 is 2.06 bits per heavy atom. The number of rotatable bonds is 12. The van der Waals surface area contributed by atoms with Crippen LogP contribution in [0.15, 0.2) is 102 Å². The van der Waals surface area contributed by atoms with Gasteiger partial charge in [0, 0.05) is 39.6 Å². The third-order valence-electron chi connectivity index (χ3n) is 8.62. The average Bonchev–Trinajstić information content (AvgIpc) is 3.08. The summed E-state index contributed by atoms with van der Waals surface area (Å²) in [7, 11) is -4.24. The molecule has 1 aliphatic rings. The molecule has 4 aromatic rings. The van der Waals surface area contributed by atoms with Crippen LogP contribution in [0.25, 0.3) is 0 Å². The minimum absolute atomic E-state index is 0.0159. The number of benzene rings is 4. The van der Waals surface area contributed by atoms with Crippen LogP contribution in [0.2, 0.25) is 15.1 Å². The van der Waals surface area contributed by atoms with E-state index in [4.69, 9.17) is 34.8 Å². The summed E-state index contributed by atoms with van der Waals surface area (Å²) in [6.45, 7) is 1.15. The first kappa shape index (κ1) is 35.7. The van der Waals surface area contributed by atoms with E-state index in [0.717, 1.165) is 47.5 Å². The van der Waals surface area contributed by atoms with Crippen molar-refractivity contribution in [2.24, 2.45) is 0 Å². The van der Waals surface area contributed by atoms with Crippen molar-refractivity contribution < 1.29 is 18.0 Å². The maximum Gasteiger partial charge on any atom is 0.264 e. The monoisotopic (exact) mass is 725 g/mol. The summed E-state index contributed by atoms with van der Waals surface area (Å²) >= 11 is 19.4. The molecule has 0 unspecified atom stereocenters. The van der Waals surface area contributed by atoms with E-state index in [-0.39, 0.29) is 35.5 Å². The van der Waals surface area contributed by atoms with Crippen molar-refractivity contribution in [2.45, 2.75) is 69.0 Å². The van der Waals surface area contributed by atoms with Crippen molar-refractivity contribution in [3.8, 4) is 0 Å². The van der Waals surface area contributed by atoms with Gasteiger partial charge in [0.1, 0.15) is 12.6 Å². The van der Waals surface area contributed by atoms with Crippen LogP contribution < -0.4 is 9.62 Å². The molecule has 2 amide bonds. The largest absolute Gasteiger partial charge is 0.352 e. The van der Waals surface area contributed by atoms with Crippen molar-refractivity contribution in [1.82, 2.24) is 10.2 Å². The Labute approximate surface area is 297 Å². The fraction of sp³-hybridized carbons (Fsp3) is 0.297. The molecule has 1 fully saturated rings. The summed E-state index contributed by atoms with van der Waals surface area (Å²) in [5.74, 6) is -0.918. The number of hydrogen-bond donors (Lipinski definition) is 1. The van der Waals surface area contributed by atoms with E-state index in [9.17, 15) is 18.0 Å². The Morgan fingerprint density at radius 2 is 1.44 bits per heavy atom. The lowest BCUT2D eigenvalue weighted by Crippen LogP contribution is -2.55. The van der Waals surface area contributed by atoms with E-state index < -0.39 is 28.5 Å². The Bertz CT molecular complexity index is 1800. The molecule has 1 atom stereocenters. The standard InChI is InChI=1S/C37H38Cl3N3O4S/c1-26-15-21-31(22-16-26)48(46,47)43(30-19-17-28(38)18-20-30)25-36(44)42(24-32-33(39)13-8-14-34(32)40)35(23-27-9-4-2-5-10-27)37(45)41-29-11-6-3-7-12-29/h2,4-5,8-10,13-22,29,35H,3,6-7,11-12,23-25H2,1H3,(H,41,45)/t35-/m0/s1. The zero-order valence-corrected chi connectivity index (χ0v) is 29.7. The third-order valence-corrected chi connectivity index (χ3v) is 11.4. The van der Waals surface area contributed by atoms with Crippen LogP contribution in [0.1, 0.15) is 48.8 Å². The van der Waals surface area contributed by atoms with Crippen LogP contribution in [0, 0.1) is 6.92 Å². The van der Waals surface area contributed by atoms with Gasteiger partial charge < -0.3 is 10.2 Å². The van der Waals surface area contributed by atoms with E-state index in [1.165, 1.54) is 17.0 Å². The fourth-order valence-corrected chi connectivity index (χ4v) is 7.98. The van der Waals surface area contributed by atoms with E-state index in [2.05, 4.69) is 5.32 Å². The molecule has 1 N–H and O–H groups in total. The highest BCUT2D eigenvalue weighted by Gasteiger charge is 2.36. The molecular formula is C37H38Cl3N3O4S. The second-order valence-electron chi connectivity index (χ2n) is 12.1. The van der Waals surface area contributed by atoms with Crippen LogP contribution in [0.5, 0.6) is 0 Å². The highest BCUT2D eigenvalue weighted by atomic mass is 35.5. The molecule has 0 radical (unpaired) electrons. The number of hydrogen-bond acceptors (Lipinski definition) is 4. The van der Waals surface area contributed by atoms with Gasteiger partial charge in [0.05, 0.1) is 10.6 Å². The average molecular weight is 727 g/mol. The molecular weight excluding hydrogens is 689 g/mol. The zero-order valence-electron chi connectivity index (χ0n) is 26.6. The number of amides is 2. The van der Waals surface area contributed by atoms with Gasteiger partial charge in [-0.2, -0.15) is 0 Å². The summed E-state index contributed by atoms with van der Waals surface area (Å²) < 4.78 is 29.5. The number of nitrogens with zero attached hydrogens (tertiary/aromatic N) is 2. The van der Waals surface area contributed by atoms with Gasteiger partial charge in [0.25, 0.3) is 10.0 Å². The van der Waals surface area contributed by atoms with Gasteiger partial charge in [-0.3, -0.25) is 13.9 Å². The lowest BCUT2D eigenvalue weighted by atomic mass is 9.94. The first-order chi connectivity index (χ1) is 23.0. The van der Waals surface area contributed by atoms with E-state index in [0.29, 0.717) is 20.6 Å². The van der Waals surface area contributed by atoms with Crippen LogP contribution >= 0.6 is 34.8 Å². The lowest BCUT2D eigenvalue weighted by Gasteiger charge is -2.35. The summed E-state index contributed by atoms with van der Waals surface area (Å²) in [6.07, 6.45) is 5.04. The SMILES string of the molecule is Cc1ccc(S(=O)(=O)N(CC(=O)N(Cc2c(Cl)cccc2Cl)[C@@H](Cc2ccccc2)C(=O)NC2CCCCC2)c2ccc(Cl)cc2)cc1. The zero-order chi connectivity index (χ0) is 34.3. The van der Waals surface area contributed by atoms with Gasteiger partial charge in [0.15, 0.2) is 0 Å². The Hall–Kier alpha value is -3.56. The van der Waals surface area contributed by atoms with E-state index in [1.807, 2.05) is 37.3 Å². The van der Waals surface area contributed by atoms with E-state index >= 15 is 0 Å². The van der Waals surface area contributed by atoms with Crippen LogP contribution in [-0.4, -0.2) is 43.8 Å². The summed E-state index contributed by atoms with van der Waals surface area (Å²) in [5.41, 5.74) is 2.43. The van der Waals surface area contributed by atoms with Crippen LogP contribution in [0.4, 0.5) is 5.69 Å². The van der Waals surface area contributed by atoms with E-state index in [1.54, 1.807) is 54.6 Å². The molecule has 11 heteroatoms. The normalized spacial score (nSPS) is 14.2. The van der Waals surface area contributed by atoms with Gasteiger partial charge in [-0.15, -0.1) is 0 Å². The molecule has 0 bridgehead atoms. The highest BCUT2D eigenvalue weighted by Crippen LogP contribution is 2.30. The Kier molecular flexibility index (Phi) is 12.1. The second-order valence-corrected chi connectivity index (χ2v) is 15.2. The summed E-state index contributed by atoms with van der Waals surface area (Å²) in [5, 5.41) is 4.26. The predicted octanol–water partition coefficient (Wildman–Crippen LogP) is 8.24. The first-order valence-corrected chi connectivity index (χ1v) is 18.5. The molecule has 5 rings (SSSR count). The molecule has 4 aromatic carbocycles. The Balaban J connectivity index is 1.59. The van der Waals surface area contributed by atoms with Crippen molar-refractivity contribution in [1.29, 1.82) is 0 Å². The molecule has 252 valence electrons. The second kappa shape index (κ2) is 16.2. The molecule has 1 aliphatic carbocycles. The molecule has 0 aliphatic heterocycles. The number of aryl methyl sites for hydroxylation is 1. The quantitative estimate of drug-likeness (QED) is 0.159. The van der Waals surface area contributed by atoms with Crippen LogP contribution in [-0.2, 0) is 32.6 Å². The van der Waals surface area contributed by atoms with Crippen molar-refractivity contribution in [2.75, 3.05) is 10.8 Å². The predicted molar refractivity (Wildman–Crippen MR) is 193 cm³/mol. The first-order valence-electron chi connectivity index (χ1n) is 15.9. The molecule has 0 spiro atoms. The van der Waals surface area contributed by atoms with Crippen LogP contribution in [0.3, 0.4) is 0 Å². The minimum atomic E-state index is -4.24. The molecule has 48 heavy (non-hydrogen) atoms. The number of carbonyl (C=O) groups excluding carboxylic acids is 2. The number of sulfonamides is 1. The van der Waals surface area contributed by atoms with Gasteiger partial charge in [-0.25, -0.2) is 8.42 Å². The molecule has 0 heterocycles. The smallest absolute Gasteiger partial charge is 0.264 e. The molecule has 7 nitrogen and oxygen atoms in total. The molecule has 1 saturated carbocycles. The van der Waals surface area contributed by atoms with Crippen molar-refractivity contribution in [3.63, 3.8) is 0 Å².